The van der Waals surface area contributed by atoms with Gasteiger partial charge in [0, 0.05) is 16.9 Å². The molecule has 0 saturated carbocycles. The second-order valence-corrected chi connectivity index (χ2v) is 6.82. The second kappa shape index (κ2) is 8.13. The van der Waals surface area contributed by atoms with E-state index in [-0.39, 0.29) is 17.6 Å². The minimum atomic E-state index is -2.42. The van der Waals surface area contributed by atoms with Gasteiger partial charge in [-0.25, -0.2) is 8.78 Å². The molecule has 0 aliphatic carbocycles. The van der Waals surface area contributed by atoms with Crippen molar-refractivity contribution in [1.29, 1.82) is 0 Å². The Kier molecular flexibility index (Phi) is 6.47. The molecule has 2 atom stereocenters. The van der Waals surface area contributed by atoms with E-state index in [2.05, 4.69) is 10.6 Å². The normalized spacial score (nSPS) is 21.9. The van der Waals surface area contributed by atoms with Gasteiger partial charge in [0.2, 0.25) is 12.3 Å². The zero-order valence-electron chi connectivity index (χ0n) is 12.2. The lowest BCUT2D eigenvalue weighted by atomic mass is 9.92. The summed E-state index contributed by atoms with van der Waals surface area (Å²) in [5.41, 5.74) is 0.509. The summed E-state index contributed by atoms with van der Waals surface area (Å²) in [6, 6.07) is 5.34. The fraction of sp³-hybridized carbons (Fsp3) is 0.533. The molecule has 1 aromatic rings. The van der Waals surface area contributed by atoms with E-state index < -0.39 is 6.43 Å². The number of nitrogens with one attached hydrogen (secondary N) is 2. The molecule has 1 heterocycles. The maximum Gasteiger partial charge on any atom is 0.247 e. The van der Waals surface area contributed by atoms with Gasteiger partial charge in [0.1, 0.15) is 0 Å². The summed E-state index contributed by atoms with van der Waals surface area (Å²) < 4.78 is 24.8. The number of benzene rings is 1. The van der Waals surface area contributed by atoms with Crippen LogP contribution in [0.15, 0.2) is 23.1 Å². The molecule has 1 fully saturated rings. The highest BCUT2D eigenvalue weighted by molar-refractivity contribution is 7.99. The molecule has 2 N–H and O–H groups in total. The van der Waals surface area contributed by atoms with Gasteiger partial charge in [-0.1, -0.05) is 17.7 Å². The Bertz CT molecular complexity index is 530. The molecule has 2 rings (SSSR count). The quantitative estimate of drug-likeness (QED) is 0.789. The van der Waals surface area contributed by atoms with Gasteiger partial charge < -0.3 is 10.6 Å². The minimum absolute atomic E-state index is 0.0665. The number of piperidine rings is 1. The summed E-state index contributed by atoms with van der Waals surface area (Å²) in [4.78, 5) is 12.9. The molecule has 0 bridgehead atoms. The van der Waals surface area contributed by atoms with Crippen LogP contribution in [0.1, 0.15) is 19.8 Å². The van der Waals surface area contributed by atoms with Crippen molar-refractivity contribution < 1.29 is 13.6 Å². The third-order valence-corrected chi connectivity index (χ3v) is 5.15. The van der Waals surface area contributed by atoms with Gasteiger partial charge in [-0.2, -0.15) is 0 Å². The van der Waals surface area contributed by atoms with Crippen molar-refractivity contribution in [2.24, 2.45) is 5.92 Å². The number of hydrogen-bond acceptors (Lipinski definition) is 3. The zero-order chi connectivity index (χ0) is 16.1. The summed E-state index contributed by atoms with van der Waals surface area (Å²) in [6.45, 7) is 2.85. The highest BCUT2D eigenvalue weighted by atomic mass is 35.5. The van der Waals surface area contributed by atoms with Gasteiger partial charge in [0.15, 0.2) is 0 Å². The molecule has 0 spiro atoms. The third kappa shape index (κ3) is 4.83. The Labute approximate surface area is 138 Å². The van der Waals surface area contributed by atoms with Crippen LogP contribution in [0.3, 0.4) is 0 Å². The second-order valence-electron chi connectivity index (χ2n) is 5.38. The Hall–Kier alpha value is -0.850. The summed E-state index contributed by atoms with van der Waals surface area (Å²) in [5, 5.41) is 6.52. The maximum atomic E-state index is 12.4. The van der Waals surface area contributed by atoms with E-state index in [4.69, 9.17) is 11.6 Å². The van der Waals surface area contributed by atoms with Crippen LogP contribution < -0.4 is 10.6 Å². The van der Waals surface area contributed by atoms with E-state index >= 15 is 0 Å². The van der Waals surface area contributed by atoms with Gasteiger partial charge >= 0.3 is 0 Å². The number of carbonyl (C=O) groups excluding carboxylic acids is 1. The van der Waals surface area contributed by atoms with E-state index in [1.165, 1.54) is 0 Å². The van der Waals surface area contributed by atoms with E-state index in [1.54, 1.807) is 18.2 Å². The number of halogens is 3. The molecule has 1 aliphatic rings. The number of alkyl halides is 2. The first-order valence-corrected chi connectivity index (χ1v) is 8.57. The van der Waals surface area contributed by atoms with Crippen LogP contribution in [0, 0.1) is 5.92 Å². The largest absolute Gasteiger partial charge is 0.325 e. The van der Waals surface area contributed by atoms with Crippen LogP contribution in [0.4, 0.5) is 14.5 Å². The van der Waals surface area contributed by atoms with Gasteiger partial charge in [0.05, 0.1) is 16.5 Å². The summed E-state index contributed by atoms with van der Waals surface area (Å²) >= 11 is 7.04. The monoisotopic (exact) mass is 348 g/mol. The van der Waals surface area contributed by atoms with Crippen molar-refractivity contribution >= 4 is 35.0 Å². The maximum absolute atomic E-state index is 12.4. The minimum Gasteiger partial charge on any atom is -0.325 e. The smallest absolute Gasteiger partial charge is 0.247 e. The van der Waals surface area contributed by atoms with Gasteiger partial charge in [-0.15, -0.1) is 11.8 Å². The molecule has 0 radical (unpaired) electrons. The van der Waals surface area contributed by atoms with E-state index in [0.29, 0.717) is 21.6 Å². The predicted molar refractivity (Wildman–Crippen MR) is 87.0 cm³/mol. The third-order valence-electron chi connectivity index (χ3n) is 3.57. The highest BCUT2D eigenvalue weighted by Gasteiger charge is 2.25. The first-order valence-electron chi connectivity index (χ1n) is 7.21. The first kappa shape index (κ1) is 17.5. The number of carbonyl (C=O) groups is 1. The van der Waals surface area contributed by atoms with Crippen molar-refractivity contribution in [3.05, 3.63) is 23.2 Å². The fourth-order valence-corrected chi connectivity index (χ4v) is 3.62. The lowest BCUT2D eigenvalue weighted by molar-refractivity contribution is -0.120. The number of anilines is 1. The van der Waals surface area contributed by atoms with Gasteiger partial charge in [0.25, 0.3) is 0 Å². The highest BCUT2D eigenvalue weighted by Crippen LogP contribution is 2.35. The number of rotatable bonds is 5. The van der Waals surface area contributed by atoms with Crippen molar-refractivity contribution in [3.63, 3.8) is 0 Å². The SMILES string of the molecule is C[C@H]1C[C@@H](C(=O)Nc2cccc(Cl)c2SCC(F)F)CCN1. The molecular formula is C15H19ClF2N2OS. The van der Waals surface area contributed by atoms with Crippen LogP contribution in [-0.4, -0.2) is 30.7 Å². The fourth-order valence-electron chi connectivity index (χ4n) is 2.51. The average Bonchev–Trinajstić information content (AvgIpc) is 2.46. The number of thioether (sulfide) groups is 1. The summed E-state index contributed by atoms with van der Waals surface area (Å²) in [6.07, 6.45) is -0.877. The Morgan fingerprint density at radius 2 is 2.32 bits per heavy atom. The van der Waals surface area contributed by atoms with Crippen molar-refractivity contribution in [2.75, 3.05) is 17.6 Å². The molecule has 1 amide bonds. The number of hydrogen-bond donors (Lipinski definition) is 2. The molecular weight excluding hydrogens is 330 g/mol. The Morgan fingerprint density at radius 3 is 3.00 bits per heavy atom. The van der Waals surface area contributed by atoms with E-state index in [0.717, 1.165) is 31.1 Å². The van der Waals surface area contributed by atoms with Gasteiger partial charge in [-0.05, 0) is 38.4 Å². The van der Waals surface area contributed by atoms with Crippen molar-refractivity contribution in [1.82, 2.24) is 5.32 Å². The lowest BCUT2D eigenvalue weighted by Gasteiger charge is -2.27. The van der Waals surface area contributed by atoms with E-state index in [9.17, 15) is 13.6 Å². The molecule has 3 nitrogen and oxygen atoms in total. The molecule has 122 valence electrons. The zero-order valence-corrected chi connectivity index (χ0v) is 13.8. The lowest BCUT2D eigenvalue weighted by Crippen LogP contribution is -2.40. The Morgan fingerprint density at radius 1 is 1.55 bits per heavy atom. The molecule has 7 heteroatoms. The molecule has 1 aromatic carbocycles. The van der Waals surface area contributed by atoms with Crippen molar-refractivity contribution in [2.45, 2.75) is 37.1 Å². The van der Waals surface area contributed by atoms with Crippen LogP contribution >= 0.6 is 23.4 Å². The summed E-state index contributed by atoms with van der Waals surface area (Å²) in [5.74, 6) is -0.491. The van der Waals surface area contributed by atoms with Crippen LogP contribution in [0.25, 0.3) is 0 Å². The van der Waals surface area contributed by atoms with Gasteiger partial charge in [-0.3, -0.25) is 4.79 Å². The molecule has 0 unspecified atom stereocenters. The van der Waals surface area contributed by atoms with E-state index in [1.807, 2.05) is 6.92 Å². The van der Waals surface area contributed by atoms with Crippen molar-refractivity contribution in [3.8, 4) is 0 Å². The van der Waals surface area contributed by atoms with Crippen LogP contribution in [0.2, 0.25) is 5.02 Å². The topological polar surface area (TPSA) is 41.1 Å². The predicted octanol–water partition coefficient (Wildman–Crippen LogP) is 4.02. The molecule has 1 aliphatic heterocycles. The molecule has 1 saturated heterocycles. The van der Waals surface area contributed by atoms with Crippen LogP contribution in [-0.2, 0) is 4.79 Å². The Balaban J connectivity index is 2.08. The average molecular weight is 349 g/mol. The molecule has 0 aromatic heterocycles. The first-order chi connectivity index (χ1) is 10.5. The summed E-state index contributed by atoms with van der Waals surface area (Å²) in [7, 11) is 0. The molecule has 22 heavy (non-hydrogen) atoms. The van der Waals surface area contributed by atoms with Crippen LogP contribution in [0.5, 0.6) is 0 Å². The number of amides is 1. The standard InChI is InChI=1S/C15H19ClF2N2OS/c1-9-7-10(5-6-19-9)15(21)20-12-4-2-3-11(16)14(12)22-8-13(17)18/h2-4,9-10,13,19H,5-8H2,1H3,(H,20,21)/t9-,10-/m0/s1.